The van der Waals surface area contributed by atoms with Crippen molar-refractivity contribution in [1.82, 2.24) is 15.1 Å². The number of likely N-dealkylation sites (tertiary alicyclic amines) is 2. The van der Waals surface area contributed by atoms with E-state index < -0.39 is 0 Å². The third-order valence-electron chi connectivity index (χ3n) is 7.77. The van der Waals surface area contributed by atoms with Crippen LogP contribution in [-0.4, -0.2) is 59.9 Å². The maximum Gasteiger partial charge on any atom is 0.254 e. The van der Waals surface area contributed by atoms with Crippen molar-refractivity contribution in [2.24, 2.45) is 11.8 Å². The maximum absolute atomic E-state index is 13.4. The van der Waals surface area contributed by atoms with Crippen molar-refractivity contribution in [3.63, 3.8) is 0 Å². The Balaban J connectivity index is 1.31. The van der Waals surface area contributed by atoms with E-state index in [9.17, 15) is 9.59 Å². The minimum absolute atomic E-state index is 0.0153. The van der Waals surface area contributed by atoms with Gasteiger partial charge in [-0.2, -0.15) is 0 Å². The monoisotopic (exact) mass is 459 g/mol. The van der Waals surface area contributed by atoms with E-state index >= 15 is 0 Å². The van der Waals surface area contributed by atoms with E-state index in [0.29, 0.717) is 23.0 Å². The van der Waals surface area contributed by atoms with Crippen molar-refractivity contribution in [2.45, 2.75) is 76.8 Å². The van der Waals surface area contributed by atoms with Crippen LogP contribution in [0.5, 0.6) is 0 Å². The zero-order chi connectivity index (χ0) is 22.5. The number of carbonyl (C=O) groups excluding carboxylic acids is 2. The molecule has 2 aliphatic heterocycles. The third kappa shape index (κ3) is 5.66. The smallest absolute Gasteiger partial charge is 0.254 e. The van der Waals surface area contributed by atoms with E-state index in [1.807, 2.05) is 11.0 Å². The highest BCUT2D eigenvalue weighted by Crippen LogP contribution is 2.40. The van der Waals surface area contributed by atoms with Gasteiger partial charge in [0.2, 0.25) is 5.91 Å². The number of nitrogens with zero attached hydrogens (tertiary/aromatic N) is 2. The maximum atomic E-state index is 13.4. The zero-order valence-electron chi connectivity index (χ0n) is 19.4. The minimum atomic E-state index is -0.363. The number of unbranched alkanes of at least 4 members (excludes halogenated alkanes) is 1. The Hall–Kier alpha value is -1.59. The van der Waals surface area contributed by atoms with Gasteiger partial charge in [-0.3, -0.25) is 9.59 Å². The quantitative estimate of drug-likeness (QED) is 0.599. The summed E-state index contributed by atoms with van der Waals surface area (Å²) in [6.45, 7) is 6.56. The van der Waals surface area contributed by atoms with E-state index in [2.05, 4.69) is 17.1 Å². The molecule has 4 rings (SSSR count). The van der Waals surface area contributed by atoms with Crippen molar-refractivity contribution in [2.75, 3.05) is 26.2 Å². The van der Waals surface area contributed by atoms with Gasteiger partial charge in [0.15, 0.2) is 0 Å². The summed E-state index contributed by atoms with van der Waals surface area (Å²) in [7, 11) is 0. The van der Waals surface area contributed by atoms with E-state index in [-0.39, 0.29) is 23.9 Å². The van der Waals surface area contributed by atoms with Crippen LogP contribution in [0.25, 0.3) is 0 Å². The summed E-state index contributed by atoms with van der Waals surface area (Å²) >= 11 is 6.14. The number of amides is 2. The predicted octanol–water partition coefficient (Wildman–Crippen LogP) is 4.74. The molecule has 0 spiro atoms. The van der Waals surface area contributed by atoms with Crippen molar-refractivity contribution in [1.29, 1.82) is 0 Å². The Morgan fingerprint density at radius 2 is 1.88 bits per heavy atom. The van der Waals surface area contributed by atoms with Gasteiger partial charge in [0, 0.05) is 23.2 Å². The Morgan fingerprint density at radius 3 is 2.66 bits per heavy atom. The lowest BCUT2D eigenvalue weighted by Crippen LogP contribution is -2.49. The number of hydrogen-bond donors (Lipinski definition) is 1. The summed E-state index contributed by atoms with van der Waals surface area (Å²) in [5, 5.41) is 3.70. The second kappa shape index (κ2) is 11.0. The largest absolute Gasteiger partial charge is 0.354 e. The molecule has 176 valence electrons. The molecule has 2 amide bonds. The van der Waals surface area contributed by atoms with Crippen LogP contribution in [0.2, 0.25) is 5.02 Å². The molecule has 3 fully saturated rings. The molecule has 0 radical (unpaired) electrons. The number of carbonyl (C=O) groups is 2. The topological polar surface area (TPSA) is 52.7 Å². The van der Waals surface area contributed by atoms with Gasteiger partial charge in [-0.15, -0.1) is 0 Å². The Bertz CT molecular complexity index is 793. The molecule has 6 heteroatoms. The lowest BCUT2D eigenvalue weighted by atomic mass is 9.84. The fraction of sp³-hybridized carbons (Fsp3) is 0.692. The van der Waals surface area contributed by atoms with Gasteiger partial charge in [0.25, 0.3) is 5.91 Å². The van der Waals surface area contributed by atoms with E-state index in [0.717, 1.165) is 51.0 Å². The Kier molecular flexibility index (Phi) is 8.12. The van der Waals surface area contributed by atoms with Crippen LogP contribution < -0.4 is 5.32 Å². The first kappa shape index (κ1) is 23.6. The van der Waals surface area contributed by atoms with Crippen molar-refractivity contribution in [3.8, 4) is 0 Å². The molecule has 32 heavy (non-hydrogen) atoms. The lowest BCUT2D eigenvalue weighted by Gasteiger charge is -2.33. The highest BCUT2D eigenvalue weighted by Gasteiger charge is 2.47. The fourth-order valence-electron chi connectivity index (χ4n) is 5.83. The van der Waals surface area contributed by atoms with Gasteiger partial charge >= 0.3 is 0 Å². The number of piperidine rings is 1. The van der Waals surface area contributed by atoms with Crippen LogP contribution in [0.15, 0.2) is 24.3 Å². The highest BCUT2D eigenvalue weighted by molar-refractivity contribution is 6.31. The van der Waals surface area contributed by atoms with Gasteiger partial charge in [-0.1, -0.05) is 37.4 Å². The van der Waals surface area contributed by atoms with Crippen molar-refractivity contribution >= 4 is 23.4 Å². The molecular weight excluding hydrogens is 422 g/mol. The van der Waals surface area contributed by atoms with Gasteiger partial charge in [-0.25, -0.2) is 0 Å². The molecule has 1 aromatic carbocycles. The number of fused-ring (bicyclic) bond motifs is 1. The molecule has 3 aliphatic rings. The molecule has 1 aliphatic carbocycles. The Morgan fingerprint density at radius 1 is 1.09 bits per heavy atom. The van der Waals surface area contributed by atoms with Crippen LogP contribution in [0.4, 0.5) is 0 Å². The summed E-state index contributed by atoms with van der Waals surface area (Å²) in [5.74, 6) is 1.25. The van der Waals surface area contributed by atoms with Crippen LogP contribution >= 0.6 is 11.6 Å². The SMILES string of the molecule is CC1CCN(CCCCNC(=O)C2CC3CCCCC3N2C(=O)c2cccc(Cl)c2)CC1. The third-order valence-corrected chi connectivity index (χ3v) is 8.01. The van der Waals surface area contributed by atoms with Crippen molar-refractivity contribution < 1.29 is 9.59 Å². The molecule has 0 bridgehead atoms. The molecule has 1 N–H and O–H groups in total. The second-order valence-corrected chi connectivity index (χ2v) is 10.5. The number of halogens is 1. The standard InChI is InChI=1S/C26H38ClN3O2/c1-19-11-15-29(16-12-19)14-5-4-13-28-25(31)24-18-20-7-2-3-10-23(20)30(24)26(32)21-8-6-9-22(27)17-21/h6,8-9,17,19-20,23-24H,2-5,7,10-16,18H2,1H3,(H,28,31). The molecule has 3 unspecified atom stereocenters. The molecule has 3 atom stereocenters. The summed E-state index contributed by atoms with van der Waals surface area (Å²) in [6.07, 6.45) is 9.92. The first-order chi connectivity index (χ1) is 15.5. The van der Waals surface area contributed by atoms with Gasteiger partial charge in [-0.05, 0) is 94.6 Å². The van der Waals surface area contributed by atoms with E-state index in [4.69, 9.17) is 11.6 Å². The molecule has 2 saturated heterocycles. The zero-order valence-corrected chi connectivity index (χ0v) is 20.2. The predicted molar refractivity (Wildman–Crippen MR) is 129 cm³/mol. The number of benzene rings is 1. The van der Waals surface area contributed by atoms with Crippen LogP contribution in [0, 0.1) is 11.8 Å². The highest BCUT2D eigenvalue weighted by atomic mass is 35.5. The molecule has 1 saturated carbocycles. The molecular formula is C26H38ClN3O2. The van der Waals surface area contributed by atoms with E-state index in [1.165, 1.54) is 32.4 Å². The van der Waals surface area contributed by atoms with Crippen LogP contribution in [-0.2, 0) is 4.79 Å². The molecule has 0 aromatic heterocycles. The summed E-state index contributed by atoms with van der Waals surface area (Å²) < 4.78 is 0. The average molecular weight is 460 g/mol. The number of nitrogens with one attached hydrogen (secondary N) is 1. The summed E-state index contributed by atoms with van der Waals surface area (Å²) in [6, 6.07) is 6.92. The minimum Gasteiger partial charge on any atom is -0.354 e. The lowest BCUT2D eigenvalue weighted by molar-refractivity contribution is -0.125. The van der Waals surface area contributed by atoms with Crippen molar-refractivity contribution in [3.05, 3.63) is 34.9 Å². The summed E-state index contributed by atoms with van der Waals surface area (Å²) in [4.78, 5) is 31.0. The summed E-state index contributed by atoms with van der Waals surface area (Å²) in [5.41, 5.74) is 0.581. The molecule has 5 nitrogen and oxygen atoms in total. The first-order valence-corrected chi connectivity index (χ1v) is 13.0. The average Bonchev–Trinajstić information content (AvgIpc) is 3.19. The normalized spacial score (nSPS) is 26.7. The van der Waals surface area contributed by atoms with Gasteiger partial charge in [0.05, 0.1) is 0 Å². The fourth-order valence-corrected chi connectivity index (χ4v) is 6.02. The number of rotatable bonds is 7. The Labute approximate surface area is 197 Å². The van der Waals surface area contributed by atoms with Gasteiger partial charge in [0.1, 0.15) is 6.04 Å². The molecule has 2 heterocycles. The van der Waals surface area contributed by atoms with E-state index in [1.54, 1.807) is 18.2 Å². The molecule has 1 aromatic rings. The van der Waals surface area contributed by atoms with Crippen LogP contribution in [0.3, 0.4) is 0 Å². The number of hydrogen-bond acceptors (Lipinski definition) is 3. The van der Waals surface area contributed by atoms with Gasteiger partial charge < -0.3 is 15.1 Å². The van der Waals surface area contributed by atoms with Crippen LogP contribution in [0.1, 0.15) is 75.1 Å². The second-order valence-electron chi connectivity index (χ2n) is 10.1. The first-order valence-electron chi connectivity index (χ1n) is 12.6.